The smallest absolute Gasteiger partial charge is 0.271 e. The number of aromatic nitrogens is 3. The summed E-state index contributed by atoms with van der Waals surface area (Å²) in [6.45, 7) is 0. The lowest BCUT2D eigenvalue weighted by Gasteiger charge is -2.17. The van der Waals surface area contributed by atoms with Gasteiger partial charge in [0.25, 0.3) is 0 Å². The molecule has 5 nitrogen and oxygen atoms in total. The van der Waals surface area contributed by atoms with Gasteiger partial charge in [-0.1, -0.05) is 23.4 Å². The van der Waals surface area contributed by atoms with Crippen molar-refractivity contribution in [3.63, 3.8) is 0 Å². The molecule has 1 atom stereocenters. The Morgan fingerprint density at radius 2 is 1.95 bits per heavy atom. The normalized spacial score (nSPS) is 13.4. The lowest BCUT2D eigenvalue weighted by atomic mass is 10.1. The molecule has 0 aliphatic heterocycles. The van der Waals surface area contributed by atoms with Gasteiger partial charge in [0.05, 0.1) is 23.6 Å². The Labute approximate surface area is 113 Å². The van der Waals surface area contributed by atoms with Crippen molar-refractivity contribution < 1.29 is 13.2 Å². The van der Waals surface area contributed by atoms with Crippen LogP contribution in [0.1, 0.15) is 24.6 Å². The van der Waals surface area contributed by atoms with Gasteiger partial charge in [0.1, 0.15) is 0 Å². The van der Waals surface area contributed by atoms with Crippen LogP contribution in [-0.4, -0.2) is 21.2 Å². The highest BCUT2D eigenvalue weighted by Gasteiger charge is 2.29. The van der Waals surface area contributed by atoms with E-state index in [1.165, 1.54) is 10.9 Å². The van der Waals surface area contributed by atoms with Gasteiger partial charge in [-0.25, -0.2) is 4.68 Å². The molecule has 1 heterocycles. The zero-order valence-electron chi connectivity index (χ0n) is 10.5. The summed E-state index contributed by atoms with van der Waals surface area (Å²) in [5, 5.41) is 7.64. The average molecular weight is 285 g/mol. The summed E-state index contributed by atoms with van der Waals surface area (Å²) in [5.74, 6) is 5.35. The van der Waals surface area contributed by atoms with Gasteiger partial charge in [0, 0.05) is 6.42 Å². The second kappa shape index (κ2) is 6.02. The molecule has 1 unspecified atom stereocenters. The van der Waals surface area contributed by atoms with E-state index in [1.54, 1.807) is 24.3 Å². The fourth-order valence-corrected chi connectivity index (χ4v) is 1.88. The van der Waals surface area contributed by atoms with E-state index in [0.29, 0.717) is 11.4 Å². The van der Waals surface area contributed by atoms with E-state index in [4.69, 9.17) is 5.84 Å². The van der Waals surface area contributed by atoms with Gasteiger partial charge in [-0.3, -0.25) is 11.3 Å². The van der Waals surface area contributed by atoms with Gasteiger partial charge in [-0.2, -0.15) is 13.2 Å². The summed E-state index contributed by atoms with van der Waals surface area (Å²) in [6, 6.07) is 8.35. The molecule has 8 heteroatoms. The van der Waals surface area contributed by atoms with E-state index in [9.17, 15) is 13.2 Å². The predicted octanol–water partition coefficient (Wildman–Crippen LogP) is 2.11. The molecule has 1 aromatic carbocycles. The van der Waals surface area contributed by atoms with Crippen molar-refractivity contribution in [2.45, 2.75) is 25.1 Å². The first-order chi connectivity index (χ1) is 9.51. The summed E-state index contributed by atoms with van der Waals surface area (Å²) in [5.41, 5.74) is 3.59. The lowest BCUT2D eigenvalue weighted by Crippen LogP contribution is -2.30. The van der Waals surface area contributed by atoms with Crippen molar-refractivity contribution in [2.24, 2.45) is 5.84 Å². The van der Waals surface area contributed by atoms with Crippen LogP contribution in [0.4, 0.5) is 13.2 Å². The highest BCUT2D eigenvalue weighted by atomic mass is 19.4. The number of hydrazine groups is 1. The van der Waals surface area contributed by atoms with Crippen LogP contribution in [0.2, 0.25) is 0 Å². The number of para-hydroxylation sites is 1. The van der Waals surface area contributed by atoms with Crippen LogP contribution < -0.4 is 11.3 Å². The number of nitrogens with one attached hydrogen (secondary N) is 1. The van der Waals surface area contributed by atoms with E-state index in [2.05, 4.69) is 15.7 Å². The van der Waals surface area contributed by atoms with Crippen LogP contribution in [0, 0.1) is 0 Å². The maximum absolute atomic E-state index is 12.3. The second-order valence-corrected chi connectivity index (χ2v) is 4.28. The summed E-state index contributed by atoms with van der Waals surface area (Å²) >= 11 is 0. The fourth-order valence-electron chi connectivity index (χ4n) is 1.88. The van der Waals surface area contributed by atoms with E-state index in [1.807, 2.05) is 6.07 Å². The number of benzene rings is 1. The maximum Gasteiger partial charge on any atom is 0.389 e. The Bertz CT molecular complexity index is 538. The summed E-state index contributed by atoms with van der Waals surface area (Å²) < 4.78 is 38.4. The second-order valence-electron chi connectivity index (χ2n) is 4.28. The number of rotatable bonds is 5. The van der Waals surface area contributed by atoms with Crippen molar-refractivity contribution in [3.05, 3.63) is 42.2 Å². The maximum atomic E-state index is 12.3. The molecule has 0 radical (unpaired) electrons. The van der Waals surface area contributed by atoms with E-state index >= 15 is 0 Å². The predicted molar refractivity (Wildman–Crippen MR) is 66.7 cm³/mol. The summed E-state index contributed by atoms with van der Waals surface area (Å²) in [6.07, 6.45) is -3.92. The zero-order chi connectivity index (χ0) is 14.6. The van der Waals surface area contributed by atoms with Gasteiger partial charge in [0.15, 0.2) is 0 Å². The molecule has 0 saturated carbocycles. The molecule has 0 aliphatic carbocycles. The Balaban J connectivity index is 2.21. The molecule has 3 N–H and O–H groups in total. The average Bonchev–Trinajstić information content (AvgIpc) is 2.88. The molecule has 20 heavy (non-hydrogen) atoms. The number of nitrogens with two attached hydrogens (primary N) is 1. The van der Waals surface area contributed by atoms with Crippen LogP contribution in [-0.2, 0) is 0 Å². The van der Waals surface area contributed by atoms with Gasteiger partial charge in [0.2, 0.25) is 0 Å². The summed E-state index contributed by atoms with van der Waals surface area (Å²) in [4.78, 5) is 0. The van der Waals surface area contributed by atoms with Gasteiger partial charge >= 0.3 is 6.18 Å². The Morgan fingerprint density at radius 1 is 1.25 bits per heavy atom. The molecule has 0 bridgehead atoms. The standard InChI is InChI=1S/C12H14F3N5/c13-12(14,15)7-6-10(18-16)11-8-17-19-20(11)9-4-2-1-3-5-9/h1-5,8,10,18H,6-7,16H2. The first-order valence-electron chi connectivity index (χ1n) is 6.00. The van der Waals surface area contributed by atoms with Gasteiger partial charge in [-0.15, -0.1) is 5.10 Å². The fraction of sp³-hybridized carbons (Fsp3) is 0.333. The van der Waals surface area contributed by atoms with E-state index < -0.39 is 18.6 Å². The number of halogens is 3. The largest absolute Gasteiger partial charge is 0.389 e. The van der Waals surface area contributed by atoms with Crippen molar-refractivity contribution >= 4 is 0 Å². The lowest BCUT2D eigenvalue weighted by molar-refractivity contribution is -0.136. The Hall–Kier alpha value is -1.93. The number of alkyl halides is 3. The molecule has 0 aliphatic rings. The minimum Gasteiger partial charge on any atom is -0.271 e. The van der Waals surface area contributed by atoms with Crippen LogP contribution in [0.15, 0.2) is 36.5 Å². The topological polar surface area (TPSA) is 68.8 Å². The summed E-state index contributed by atoms with van der Waals surface area (Å²) in [7, 11) is 0. The zero-order valence-corrected chi connectivity index (χ0v) is 10.5. The van der Waals surface area contributed by atoms with E-state index in [0.717, 1.165) is 0 Å². The van der Waals surface area contributed by atoms with E-state index in [-0.39, 0.29) is 6.42 Å². The first-order valence-corrected chi connectivity index (χ1v) is 6.00. The van der Waals surface area contributed by atoms with Gasteiger partial charge in [-0.05, 0) is 18.6 Å². The highest BCUT2D eigenvalue weighted by molar-refractivity contribution is 5.32. The molecule has 0 saturated heterocycles. The molecule has 2 rings (SSSR count). The SMILES string of the molecule is NNC(CCC(F)(F)F)c1cnnn1-c1ccccc1. The van der Waals surface area contributed by atoms with Crippen LogP contribution >= 0.6 is 0 Å². The minimum absolute atomic E-state index is 0.180. The minimum atomic E-state index is -4.22. The third kappa shape index (κ3) is 3.55. The third-order valence-corrected chi connectivity index (χ3v) is 2.85. The first kappa shape index (κ1) is 14.5. The van der Waals surface area contributed by atoms with Crippen molar-refractivity contribution in [2.75, 3.05) is 0 Å². The molecule has 108 valence electrons. The van der Waals surface area contributed by atoms with Crippen molar-refractivity contribution in [1.82, 2.24) is 20.4 Å². The number of hydrogen-bond acceptors (Lipinski definition) is 4. The molecular formula is C12H14F3N5. The van der Waals surface area contributed by atoms with Crippen LogP contribution in [0.25, 0.3) is 5.69 Å². The van der Waals surface area contributed by atoms with Gasteiger partial charge < -0.3 is 0 Å². The molecule has 0 amide bonds. The van der Waals surface area contributed by atoms with Crippen molar-refractivity contribution in [1.29, 1.82) is 0 Å². The number of nitrogens with zero attached hydrogens (tertiary/aromatic N) is 3. The quantitative estimate of drug-likeness (QED) is 0.652. The number of hydrogen-bond donors (Lipinski definition) is 2. The molecule has 1 aromatic heterocycles. The molecule has 0 spiro atoms. The Kier molecular flexibility index (Phi) is 4.35. The van der Waals surface area contributed by atoms with Crippen molar-refractivity contribution in [3.8, 4) is 5.69 Å². The molecule has 0 fully saturated rings. The van der Waals surface area contributed by atoms with Crippen LogP contribution in [0.5, 0.6) is 0 Å². The third-order valence-electron chi connectivity index (χ3n) is 2.85. The highest BCUT2D eigenvalue weighted by Crippen LogP contribution is 2.27. The molecular weight excluding hydrogens is 271 g/mol. The monoisotopic (exact) mass is 285 g/mol. The Morgan fingerprint density at radius 3 is 2.55 bits per heavy atom. The molecule has 2 aromatic rings. The van der Waals surface area contributed by atoms with Crippen LogP contribution in [0.3, 0.4) is 0 Å².